The molecule has 0 saturated carbocycles. The number of methoxy groups -OCH3 is 2. The largest absolute Gasteiger partial charge is 0.381 e. The molecule has 1 rings (SSSR count). The second-order valence-electron chi connectivity index (χ2n) is 3.65. The summed E-state index contributed by atoms with van der Waals surface area (Å²) in [4.78, 5) is 0. The van der Waals surface area contributed by atoms with Gasteiger partial charge in [-0.25, -0.2) is 0 Å². The molecule has 2 atom stereocenters. The molecule has 3 nitrogen and oxygen atoms in total. The fourth-order valence-electron chi connectivity index (χ4n) is 1.68. The molecule has 1 aliphatic rings. The fraction of sp³-hybridized carbons (Fsp3) is 0.500. The van der Waals surface area contributed by atoms with Gasteiger partial charge in [0.15, 0.2) is 0 Å². The molecular weight excluding hydrogens is 192 g/mol. The minimum absolute atomic E-state index is 0.222. The van der Waals surface area contributed by atoms with E-state index in [2.05, 4.69) is 6.58 Å². The summed E-state index contributed by atoms with van der Waals surface area (Å²) >= 11 is 0. The Morgan fingerprint density at radius 2 is 2.33 bits per heavy atom. The molecule has 15 heavy (non-hydrogen) atoms. The van der Waals surface area contributed by atoms with Crippen molar-refractivity contribution < 1.29 is 14.6 Å². The van der Waals surface area contributed by atoms with Crippen LogP contribution >= 0.6 is 0 Å². The van der Waals surface area contributed by atoms with Crippen molar-refractivity contribution in [1.29, 1.82) is 0 Å². The van der Waals surface area contributed by atoms with Crippen LogP contribution in [0.2, 0.25) is 0 Å². The fourth-order valence-corrected chi connectivity index (χ4v) is 1.68. The van der Waals surface area contributed by atoms with E-state index in [9.17, 15) is 5.11 Å². The van der Waals surface area contributed by atoms with E-state index in [1.54, 1.807) is 20.3 Å². The highest BCUT2D eigenvalue weighted by atomic mass is 16.5. The summed E-state index contributed by atoms with van der Waals surface area (Å²) in [5.74, 6) is 0. The van der Waals surface area contributed by atoms with Gasteiger partial charge in [-0.2, -0.15) is 0 Å². The van der Waals surface area contributed by atoms with E-state index in [1.165, 1.54) is 0 Å². The molecule has 0 amide bonds. The molecule has 2 unspecified atom stereocenters. The first kappa shape index (κ1) is 12.2. The molecule has 0 aromatic carbocycles. The molecule has 0 heterocycles. The summed E-state index contributed by atoms with van der Waals surface area (Å²) in [5, 5.41) is 10.2. The molecule has 0 bridgehead atoms. The maximum Gasteiger partial charge on any atom is 0.136 e. The van der Waals surface area contributed by atoms with Gasteiger partial charge >= 0.3 is 0 Å². The van der Waals surface area contributed by atoms with Gasteiger partial charge in [0.1, 0.15) is 11.7 Å². The lowest BCUT2D eigenvalue weighted by Crippen LogP contribution is -2.46. The van der Waals surface area contributed by atoms with Gasteiger partial charge in [0.25, 0.3) is 0 Å². The Morgan fingerprint density at radius 3 is 2.87 bits per heavy atom. The Kier molecular flexibility index (Phi) is 4.27. The second-order valence-corrected chi connectivity index (χ2v) is 3.65. The van der Waals surface area contributed by atoms with Crippen LogP contribution in [0.5, 0.6) is 0 Å². The minimum atomic E-state index is -1.06. The molecule has 1 N–H and O–H groups in total. The van der Waals surface area contributed by atoms with Gasteiger partial charge in [-0.3, -0.25) is 0 Å². The first-order valence-electron chi connectivity index (χ1n) is 4.91. The van der Waals surface area contributed by atoms with Crippen molar-refractivity contribution in [1.82, 2.24) is 0 Å². The Hall–Kier alpha value is -0.900. The van der Waals surface area contributed by atoms with Gasteiger partial charge in [0, 0.05) is 14.2 Å². The van der Waals surface area contributed by atoms with E-state index in [1.807, 2.05) is 18.2 Å². The lowest BCUT2D eigenvalue weighted by Gasteiger charge is -2.33. The third kappa shape index (κ3) is 2.78. The number of aliphatic hydroxyl groups is 1. The Labute approximate surface area is 90.7 Å². The van der Waals surface area contributed by atoms with Crippen LogP contribution in [0.4, 0.5) is 0 Å². The zero-order chi connectivity index (χ0) is 11.3. The summed E-state index contributed by atoms with van der Waals surface area (Å²) in [5.41, 5.74) is 0.0337. The summed E-state index contributed by atoms with van der Waals surface area (Å²) < 4.78 is 10.2. The Bertz CT molecular complexity index is 281. The molecule has 84 valence electrons. The molecular formula is C12H18O3. The molecule has 0 aliphatic heterocycles. The van der Waals surface area contributed by atoms with Crippen LogP contribution in [-0.4, -0.2) is 37.6 Å². The van der Waals surface area contributed by atoms with Crippen molar-refractivity contribution in [2.45, 2.75) is 18.1 Å². The Balaban J connectivity index is 2.82. The van der Waals surface area contributed by atoms with E-state index in [0.717, 1.165) is 12.0 Å². The normalized spacial score (nSPS) is 30.1. The van der Waals surface area contributed by atoms with Gasteiger partial charge in [-0.05, 0) is 24.1 Å². The quantitative estimate of drug-likeness (QED) is 0.698. The summed E-state index contributed by atoms with van der Waals surface area (Å²) in [6.07, 6.45) is 7.75. The van der Waals surface area contributed by atoms with Gasteiger partial charge in [-0.15, -0.1) is 6.58 Å². The number of ether oxygens (including phenoxy) is 2. The van der Waals surface area contributed by atoms with Crippen LogP contribution in [0.15, 0.2) is 36.5 Å². The highest BCUT2D eigenvalue weighted by Crippen LogP contribution is 2.25. The first-order chi connectivity index (χ1) is 7.16. The van der Waals surface area contributed by atoms with Gasteiger partial charge < -0.3 is 14.6 Å². The van der Waals surface area contributed by atoms with Crippen LogP contribution in [0.25, 0.3) is 0 Å². The zero-order valence-electron chi connectivity index (χ0n) is 9.27. The molecule has 0 fully saturated rings. The number of rotatable bonds is 5. The Morgan fingerprint density at radius 1 is 1.60 bits per heavy atom. The standard InChI is InChI=1S/C12H18O3/c1-4-5-10-6-7-12(13,9-14-2)11(8-10)15-3/h4,6-8,11,13H,1,5,9H2,2-3H3. The van der Waals surface area contributed by atoms with E-state index in [4.69, 9.17) is 9.47 Å². The van der Waals surface area contributed by atoms with Crippen molar-refractivity contribution in [3.05, 3.63) is 36.5 Å². The van der Waals surface area contributed by atoms with Gasteiger partial charge in [-0.1, -0.05) is 12.2 Å². The van der Waals surface area contributed by atoms with Crippen molar-refractivity contribution >= 4 is 0 Å². The van der Waals surface area contributed by atoms with Crippen LogP contribution in [-0.2, 0) is 9.47 Å². The lowest BCUT2D eigenvalue weighted by molar-refractivity contribution is -0.0779. The third-order valence-corrected chi connectivity index (χ3v) is 2.45. The predicted molar refractivity (Wildman–Crippen MR) is 59.7 cm³/mol. The number of allylic oxidation sites excluding steroid dienone is 3. The van der Waals surface area contributed by atoms with Crippen molar-refractivity contribution in [2.75, 3.05) is 20.8 Å². The maximum atomic E-state index is 10.2. The van der Waals surface area contributed by atoms with E-state index in [-0.39, 0.29) is 12.7 Å². The third-order valence-electron chi connectivity index (χ3n) is 2.45. The molecule has 0 aromatic rings. The average molecular weight is 210 g/mol. The van der Waals surface area contributed by atoms with E-state index >= 15 is 0 Å². The summed E-state index contributed by atoms with van der Waals surface area (Å²) in [7, 11) is 3.13. The molecule has 0 spiro atoms. The molecule has 0 aromatic heterocycles. The van der Waals surface area contributed by atoms with Crippen LogP contribution < -0.4 is 0 Å². The molecule has 0 saturated heterocycles. The minimum Gasteiger partial charge on any atom is -0.381 e. The van der Waals surface area contributed by atoms with Crippen molar-refractivity contribution in [2.24, 2.45) is 0 Å². The van der Waals surface area contributed by atoms with Gasteiger partial charge in [0.2, 0.25) is 0 Å². The molecule has 0 radical (unpaired) electrons. The summed E-state index contributed by atoms with van der Waals surface area (Å²) in [6, 6.07) is 0. The monoisotopic (exact) mass is 210 g/mol. The predicted octanol–water partition coefficient (Wildman–Crippen LogP) is 1.45. The van der Waals surface area contributed by atoms with Crippen LogP contribution in [0, 0.1) is 0 Å². The van der Waals surface area contributed by atoms with Crippen LogP contribution in [0.1, 0.15) is 6.42 Å². The highest BCUT2D eigenvalue weighted by molar-refractivity contribution is 5.32. The molecule has 1 aliphatic carbocycles. The first-order valence-corrected chi connectivity index (χ1v) is 4.91. The average Bonchev–Trinajstić information content (AvgIpc) is 2.22. The van der Waals surface area contributed by atoms with Crippen molar-refractivity contribution in [3.8, 4) is 0 Å². The zero-order valence-corrected chi connectivity index (χ0v) is 9.27. The van der Waals surface area contributed by atoms with Gasteiger partial charge in [0.05, 0.1) is 6.61 Å². The van der Waals surface area contributed by atoms with Crippen molar-refractivity contribution in [3.63, 3.8) is 0 Å². The number of hydrogen-bond acceptors (Lipinski definition) is 3. The topological polar surface area (TPSA) is 38.7 Å². The smallest absolute Gasteiger partial charge is 0.136 e. The SMILES string of the molecule is C=CCC1=CC(OC)C(O)(COC)C=C1. The summed E-state index contributed by atoms with van der Waals surface area (Å²) in [6.45, 7) is 3.90. The van der Waals surface area contributed by atoms with E-state index in [0.29, 0.717) is 0 Å². The maximum absolute atomic E-state index is 10.2. The van der Waals surface area contributed by atoms with Crippen LogP contribution in [0.3, 0.4) is 0 Å². The number of hydrogen-bond donors (Lipinski definition) is 1. The second kappa shape index (κ2) is 5.26. The lowest BCUT2D eigenvalue weighted by atomic mass is 9.89. The molecule has 3 heteroatoms. The van der Waals surface area contributed by atoms with E-state index < -0.39 is 5.60 Å². The highest BCUT2D eigenvalue weighted by Gasteiger charge is 2.35.